The molecule has 14 heteroatoms. The quantitative estimate of drug-likeness (QED) is 0.0680. The second-order valence-electron chi connectivity index (χ2n) is 17.4. The lowest BCUT2D eigenvalue weighted by atomic mass is 10.0. The van der Waals surface area contributed by atoms with Gasteiger partial charge in [-0.25, -0.2) is 9.37 Å². The lowest BCUT2D eigenvalue weighted by Crippen LogP contribution is -2.38. The van der Waals surface area contributed by atoms with E-state index >= 15 is 4.39 Å². The Morgan fingerprint density at radius 1 is 0.821 bits per heavy atom. The summed E-state index contributed by atoms with van der Waals surface area (Å²) in [5.41, 5.74) is 12.0. The van der Waals surface area contributed by atoms with Crippen LogP contribution in [0.2, 0.25) is 0 Å². The maximum Gasteiger partial charge on any atom is 0.222 e. The van der Waals surface area contributed by atoms with Crippen molar-refractivity contribution in [2.24, 2.45) is 0 Å². The fourth-order valence-electron chi connectivity index (χ4n) is 9.23. The van der Waals surface area contributed by atoms with Crippen molar-refractivity contribution in [3.63, 3.8) is 0 Å². The van der Waals surface area contributed by atoms with Crippen molar-refractivity contribution in [2.45, 2.75) is 66.6 Å². The molecule has 9 rings (SSSR count). The molecule has 350 valence electrons. The highest BCUT2D eigenvalue weighted by Gasteiger charge is 2.19. The molecule has 0 saturated carbocycles. The molecule has 67 heavy (non-hydrogen) atoms. The molecule has 0 spiro atoms. The van der Waals surface area contributed by atoms with Crippen LogP contribution < -0.4 is 15.4 Å². The Morgan fingerprint density at radius 2 is 1.66 bits per heavy atom. The number of nitrogens with zero attached hydrogens (tertiary/aromatic N) is 5. The fraction of sp³-hybridized carbons (Fsp3) is 0.377. The number of fused-ring (bicyclic) bond motifs is 4. The molecule has 0 radical (unpaired) electrons. The molecule has 1 amide bonds. The van der Waals surface area contributed by atoms with Gasteiger partial charge in [0.15, 0.2) is 11.6 Å². The lowest BCUT2D eigenvalue weighted by Gasteiger charge is -2.27. The second kappa shape index (κ2) is 21.4. The molecule has 0 bridgehead atoms. The van der Waals surface area contributed by atoms with Crippen LogP contribution in [0.1, 0.15) is 47.3 Å². The van der Waals surface area contributed by atoms with Gasteiger partial charge < -0.3 is 38.5 Å². The van der Waals surface area contributed by atoms with Gasteiger partial charge in [0, 0.05) is 90.9 Å². The van der Waals surface area contributed by atoms with Gasteiger partial charge in [-0.3, -0.25) is 9.69 Å². The first-order valence-electron chi connectivity index (χ1n) is 23.5. The van der Waals surface area contributed by atoms with E-state index in [9.17, 15) is 4.79 Å². The average Bonchev–Trinajstić information content (AvgIpc) is 4.11. The first-order chi connectivity index (χ1) is 32.7. The van der Waals surface area contributed by atoms with Gasteiger partial charge in [0.2, 0.25) is 5.91 Å². The molecule has 12 nitrogen and oxygen atoms in total. The Kier molecular flexibility index (Phi) is 14.7. The third-order valence-electron chi connectivity index (χ3n) is 12.7. The van der Waals surface area contributed by atoms with Crippen LogP contribution in [0.4, 0.5) is 4.39 Å². The number of amides is 1. The van der Waals surface area contributed by atoms with Gasteiger partial charge in [-0.15, -0.1) is 11.3 Å². The highest BCUT2D eigenvalue weighted by atomic mass is 32.1. The minimum Gasteiger partial charge on any atom is -0.489 e. The summed E-state index contributed by atoms with van der Waals surface area (Å²) in [5, 5.41) is 15.2. The topological polar surface area (TPSA) is 121 Å². The van der Waals surface area contributed by atoms with Crippen molar-refractivity contribution >= 4 is 50.1 Å². The van der Waals surface area contributed by atoms with Crippen LogP contribution in [-0.2, 0) is 46.7 Å². The maximum atomic E-state index is 15.3. The van der Waals surface area contributed by atoms with Gasteiger partial charge in [0.25, 0.3) is 0 Å². The van der Waals surface area contributed by atoms with Crippen LogP contribution in [-0.4, -0.2) is 95.8 Å². The molecule has 5 heterocycles. The second-order valence-corrected chi connectivity index (χ2v) is 18.3. The van der Waals surface area contributed by atoms with Gasteiger partial charge in [-0.1, -0.05) is 35.5 Å². The number of ether oxygens (including phenoxy) is 3. The van der Waals surface area contributed by atoms with Crippen LogP contribution >= 0.6 is 11.3 Å². The smallest absolute Gasteiger partial charge is 0.222 e. The third kappa shape index (κ3) is 10.8. The number of imidazole rings is 1. The first-order valence-corrected chi connectivity index (χ1v) is 24.4. The highest BCUT2D eigenvalue weighted by molar-refractivity contribution is 7.13. The molecule has 1 saturated heterocycles. The Labute approximate surface area is 395 Å². The number of hydrogen-bond acceptors (Lipinski definition) is 10. The van der Waals surface area contributed by atoms with Crippen molar-refractivity contribution in [1.82, 2.24) is 34.8 Å². The van der Waals surface area contributed by atoms with E-state index in [0.29, 0.717) is 32.6 Å². The number of nitrogens with one attached hydrogen (secondary N) is 2. The molecular weight excluding hydrogens is 866 g/mol. The molecular formula is C53H60FN7O5S. The molecule has 2 N–H and O–H groups in total. The molecule has 1 aliphatic heterocycles. The highest BCUT2D eigenvalue weighted by Crippen LogP contribution is 2.35. The van der Waals surface area contributed by atoms with Gasteiger partial charge in [-0.2, -0.15) is 0 Å². The summed E-state index contributed by atoms with van der Waals surface area (Å²) < 4.78 is 42.5. The van der Waals surface area contributed by atoms with Gasteiger partial charge >= 0.3 is 0 Å². The van der Waals surface area contributed by atoms with Crippen molar-refractivity contribution in [3.05, 3.63) is 124 Å². The van der Waals surface area contributed by atoms with Crippen molar-refractivity contribution in [1.29, 1.82) is 0 Å². The van der Waals surface area contributed by atoms with Crippen molar-refractivity contribution < 1.29 is 27.9 Å². The standard InChI is InChI=1S/C53H60FN7O5S/c1-5-60-46-12-6-39(29-43(46)42-11-9-40(32-48(42)60)50-28-35(2)34-67-50)33-55-17-24-63-23-16-52(62)56-18-25-65-49-14-7-38(30-44(49)54)8-15-51-57-45-31-41(53-36(3)58-66-37(53)4)10-13-47(45)61(51)20-19-59-21-26-64-27-22-59/h6-7,9-14,28-32,34,55H,5,8,15-27,33H2,1-4H3,(H,56,62). The summed E-state index contributed by atoms with van der Waals surface area (Å²) >= 11 is 1.79. The number of halogens is 1. The zero-order valence-electron chi connectivity index (χ0n) is 39.0. The number of benzene rings is 4. The van der Waals surface area contributed by atoms with E-state index < -0.39 is 5.82 Å². The number of thiophene rings is 1. The van der Waals surface area contributed by atoms with E-state index in [4.69, 9.17) is 23.7 Å². The van der Waals surface area contributed by atoms with Gasteiger partial charge in [0.05, 0.1) is 49.7 Å². The summed E-state index contributed by atoms with van der Waals surface area (Å²) in [7, 11) is 0. The van der Waals surface area contributed by atoms with Crippen LogP contribution in [0.15, 0.2) is 88.8 Å². The predicted molar refractivity (Wildman–Crippen MR) is 265 cm³/mol. The van der Waals surface area contributed by atoms with E-state index in [-0.39, 0.29) is 31.2 Å². The predicted octanol–water partition coefficient (Wildman–Crippen LogP) is 9.42. The molecule has 4 aromatic carbocycles. The number of carbonyl (C=O) groups excluding carboxylic acids is 1. The summed E-state index contributed by atoms with van der Waals surface area (Å²) in [6.07, 6.45) is 1.49. The van der Waals surface area contributed by atoms with E-state index in [1.807, 2.05) is 19.9 Å². The molecule has 1 fully saturated rings. The fourth-order valence-corrected chi connectivity index (χ4v) is 10.1. The zero-order valence-corrected chi connectivity index (χ0v) is 39.8. The Morgan fingerprint density at radius 3 is 2.45 bits per heavy atom. The molecule has 1 aliphatic rings. The van der Waals surface area contributed by atoms with Crippen LogP contribution in [0.5, 0.6) is 5.75 Å². The molecule has 0 atom stereocenters. The van der Waals surface area contributed by atoms with E-state index in [1.54, 1.807) is 17.4 Å². The van der Waals surface area contributed by atoms with Crippen LogP contribution in [0.3, 0.4) is 0 Å². The minimum absolute atomic E-state index is 0.138. The number of rotatable bonds is 21. The maximum absolute atomic E-state index is 15.3. The summed E-state index contributed by atoms with van der Waals surface area (Å²) in [6.45, 7) is 16.7. The Balaban J connectivity index is 0.695. The average molecular weight is 926 g/mol. The van der Waals surface area contributed by atoms with E-state index in [2.05, 4.69) is 110 Å². The minimum atomic E-state index is -0.431. The molecule has 8 aromatic rings. The largest absolute Gasteiger partial charge is 0.489 e. The molecule has 0 aliphatic carbocycles. The van der Waals surface area contributed by atoms with E-state index in [1.165, 1.54) is 49.4 Å². The van der Waals surface area contributed by atoms with Crippen LogP contribution in [0, 0.1) is 26.6 Å². The first kappa shape index (κ1) is 46.2. The van der Waals surface area contributed by atoms with Crippen LogP contribution in [0.25, 0.3) is 54.4 Å². The normalized spacial score (nSPS) is 13.4. The van der Waals surface area contributed by atoms with Gasteiger partial charge in [0.1, 0.15) is 18.2 Å². The SMILES string of the molecule is CCn1c2ccc(CNCCOCCC(=O)NCCOc3ccc(CCc4nc5cc(-c6c(C)noc6C)ccc5n4CCN4CCOCC4)cc3F)cc2c2ccc(-c3cc(C)cs3)cc21. The Hall–Kier alpha value is -5.90. The van der Waals surface area contributed by atoms with Crippen molar-refractivity contribution in [2.75, 3.05) is 65.8 Å². The third-order valence-corrected chi connectivity index (χ3v) is 13.8. The number of aromatic nitrogens is 4. The van der Waals surface area contributed by atoms with Crippen molar-refractivity contribution in [3.8, 4) is 27.3 Å². The van der Waals surface area contributed by atoms with E-state index in [0.717, 1.165) is 97.5 Å². The number of aryl methyl sites for hydroxylation is 6. The Bertz CT molecular complexity index is 2960. The number of hydrogen-bond donors (Lipinski definition) is 2. The zero-order chi connectivity index (χ0) is 46.3. The summed E-state index contributed by atoms with van der Waals surface area (Å²) in [6, 6.07) is 27.2. The molecule has 0 unspecified atom stereocenters. The number of carbonyl (C=O) groups is 1. The van der Waals surface area contributed by atoms with Gasteiger partial charge in [-0.05, 0) is 116 Å². The lowest BCUT2D eigenvalue weighted by molar-refractivity contribution is -0.122. The number of morpholine rings is 1. The monoisotopic (exact) mass is 925 g/mol. The summed E-state index contributed by atoms with van der Waals surface area (Å²) in [4.78, 5) is 21.3. The molecule has 4 aromatic heterocycles. The summed E-state index contributed by atoms with van der Waals surface area (Å²) in [5.74, 6) is 1.32.